The van der Waals surface area contributed by atoms with E-state index in [1.54, 1.807) is 0 Å². The van der Waals surface area contributed by atoms with Crippen molar-refractivity contribution in [2.45, 2.75) is 44.5 Å². The molecule has 6 heteroatoms. The maximum atomic E-state index is 11.8. The number of hydrogen-bond acceptors (Lipinski definition) is 5. The van der Waals surface area contributed by atoms with Gasteiger partial charge in [-0.2, -0.15) is 0 Å². The van der Waals surface area contributed by atoms with Gasteiger partial charge < -0.3 is 15.2 Å². The number of carbonyl (C=O) groups is 2. The van der Waals surface area contributed by atoms with Gasteiger partial charge >= 0.3 is 11.9 Å². The molecule has 0 radical (unpaired) electrons. The molecule has 0 aliphatic carbocycles. The second-order valence-corrected chi connectivity index (χ2v) is 4.86. The van der Waals surface area contributed by atoms with Gasteiger partial charge in [0.1, 0.15) is 12.1 Å². The molecule has 2 saturated heterocycles. The highest BCUT2D eigenvalue weighted by Gasteiger charge is 2.34. The molecule has 2 heterocycles. The minimum atomic E-state index is -0.892. The Morgan fingerprint density at radius 3 is 2.59 bits per heavy atom. The molecule has 0 aromatic rings. The average Bonchev–Trinajstić information content (AvgIpc) is 2.86. The van der Waals surface area contributed by atoms with Crippen LogP contribution in [0.5, 0.6) is 0 Å². The third-order valence-electron chi connectivity index (χ3n) is 3.30. The average molecular weight is 242 g/mol. The standard InChI is InChI=1S/C11H18N2O4/c1-6-4-8(12-5-6)11(16)17-9-3-2-7(13-9)10(14)15/h6-9,12-13H,2-5H2,1H3,(H,14,15)/t6-,7+,8+,9-/m1/s1. The number of rotatable bonds is 3. The van der Waals surface area contributed by atoms with E-state index in [0.29, 0.717) is 18.8 Å². The van der Waals surface area contributed by atoms with Gasteiger partial charge in [0.25, 0.3) is 0 Å². The summed E-state index contributed by atoms with van der Waals surface area (Å²) in [5.41, 5.74) is 0. The Labute approximate surface area is 99.7 Å². The zero-order valence-electron chi connectivity index (χ0n) is 9.81. The molecule has 6 nitrogen and oxygen atoms in total. The van der Waals surface area contributed by atoms with Crippen molar-refractivity contribution in [1.29, 1.82) is 0 Å². The minimum Gasteiger partial charge on any atom is -0.480 e. The van der Waals surface area contributed by atoms with Gasteiger partial charge in [0.05, 0.1) is 0 Å². The Kier molecular flexibility index (Phi) is 3.63. The summed E-state index contributed by atoms with van der Waals surface area (Å²) in [5.74, 6) is -0.690. The molecule has 0 aromatic carbocycles. The van der Waals surface area contributed by atoms with Gasteiger partial charge in [0.15, 0.2) is 6.23 Å². The molecule has 0 bridgehead atoms. The molecule has 0 amide bonds. The third-order valence-corrected chi connectivity index (χ3v) is 3.30. The lowest BCUT2D eigenvalue weighted by atomic mass is 10.1. The quantitative estimate of drug-likeness (QED) is 0.588. The smallest absolute Gasteiger partial charge is 0.324 e. The molecule has 4 atom stereocenters. The number of carboxylic acid groups (broad SMARTS) is 1. The number of hydrogen-bond donors (Lipinski definition) is 3. The summed E-state index contributed by atoms with van der Waals surface area (Å²) in [6, 6.07) is -0.834. The van der Waals surface area contributed by atoms with Crippen LogP contribution in [0, 0.1) is 5.92 Å². The van der Waals surface area contributed by atoms with E-state index in [1.807, 2.05) is 0 Å². The largest absolute Gasteiger partial charge is 0.480 e. The van der Waals surface area contributed by atoms with Crippen molar-refractivity contribution < 1.29 is 19.4 Å². The fourth-order valence-corrected chi connectivity index (χ4v) is 2.31. The van der Waals surface area contributed by atoms with E-state index in [0.717, 1.165) is 13.0 Å². The van der Waals surface area contributed by atoms with Crippen LogP contribution < -0.4 is 10.6 Å². The molecule has 0 saturated carbocycles. The molecular formula is C11H18N2O4. The lowest BCUT2D eigenvalue weighted by Gasteiger charge is -2.16. The summed E-state index contributed by atoms with van der Waals surface area (Å²) < 4.78 is 5.25. The van der Waals surface area contributed by atoms with Gasteiger partial charge in [0.2, 0.25) is 0 Å². The Morgan fingerprint density at radius 1 is 1.29 bits per heavy atom. The summed E-state index contributed by atoms with van der Waals surface area (Å²) in [5, 5.41) is 14.7. The van der Waals surface area contributed by atoms with Crippen LogP contribution in [0.15, 0.2) is 0 Å². The third kappa shape index (κ3) is 2.95. The highest BCUT2D eigenvalue weighted by atomic mass is 16.6. The summed E-state index contributed by atoms with van der Waals surface area (Å²) >= 11 is 0. The first-order chi connectivity index (χ1) is 8.06. The fourth-order valence-electron chi connectivity index (χ4n) is 2.31. The predicted molar refractivity (Wildman–Crippen MR) is 59.2 cm³/mol. The van der Waals surface area contributed by atoms with Crippen molar-refractivity contribution in [2.75, 3.05) is 6.54 Å². The van der Waals surface area contributed by atoms with Crippen LogP contribution >= 0.6 is 0 Å². The van der Waals surface area contributed by atoms with E-state index < -0.39 is 18.2 Å². The number of esters is 1. The van der Waals surface area contributed by atoms with E-state index in [-0.39, 0.29) is 12.0 Å². The first-order valence-electron chi connectivity index (χ1n) is 5.99. The van der Waals surface area contributed by atoms with Crippen molar-refractivity contribution in [2.24, 2.45) is 5.92 Å². The highest BCUT2D eigenvalue weighted by Crippen LogP contribution is 2.18. The number of nitrogens with one attached hydrogen (secondary N) is 2. The molecular weight excluding hydrogens is 224 g/mol. The highest BCUT2D eigenvalue weighted by molar-refractivity contribution is 5.77. The first kappa shape index (κ1) is 12.3. The van der Waals surface area contributed by atoms with Crippen LogP contribution in [-0.2, 0) is 14.3 Å². The summed E-state index contributed by atoms with van der Waals surface area (Å²) in [6.07, 6.45) is 1.39. The van der Waals surface area contributed by atoms with Crippen molar-refractivity contribution in [1.82, 2.24) is 10.6 Å². The molecule has 0 aromatic heterocycles. The normalized spacial score (nSPS) is 37.0. The van der Waals surface area contributed by atoms with Crippen molar-refractivity contribution in [3.63, 3.8) is 0 Å². The number of carbonyl (C=O) groups excluding carboxylic acids is 1. The van der Waals surface area contributed by atoms with E-state index in [1.165, 1.54) is 0 Å². The fraction of sp³-hybridized carbons (Fsp3) is 0.818. The van der Waals surface area contributed by atoms with E-state index in [4.69, 9.17) is 9.84 Å². The van der Waals surface area contributed by atoms with Crippen LogP contribution in [-0.4, -0.2) is 41.9 Å². The molecule has 2 aliphatic rings. The van der Waals surface area contributed by atoms with Gasteiger partial charge in [-0.05, 0) is 25.3 Å². The van der Waals surface area contributed by atoms with E-state index >= 15 is 0 Å². The molecule has 0 unspecified atom stereocenters. The SMILES string of the molecule is C[C@H]1CN[C@H](C(=O)O[C@@H]2CC[C@@H](C(=O)O)N2)C1. The van der Waals surface area contributed by atoms with Gasteiger partial charge in [-0.25, -0.2) is 0 Å². The Balaban J connectivity index is 1.78. The van der Waals surface area contributed by atoms with Crippen molar-refractivity contribution in [3.8, 4) is 0 Å². The topological polar surface area (TPSA) is 87.7 Å². The van der Waals surface area contributed by atoms with Gasteiger partial charge in [-0.3, -0.25) is 14.9 Å². The zero-order valence-corrected chi connectivity index (χ0v) is 9.81. The van der Waals surface area contributed by atoms with Crippen molar-refractivity contribution >= 4 is 11.9 Å². The summed E-state index contributed by atoms with van der Waals surface area (Å²) in [4.78, 5) is 22.5. The van der Waals surface area contributed by atoms with Gasteiger partial charge in [-0.15, -0.1) is 0 Å². The minimum absolute atomic E-state index is 0.240. The Morgan fingerprint density at radius 2 is 2.06 bits per heavy atom. The second-order valence-electron chi connectivity index (χ2n) is 4.86. The molecule has 2 rings (SSSR count). The Hall–Kier alpha value is -1.14. The molecule has 2 aliphatic heterocycles. The molecule has 0 spiro atoms. The number of aliphatic carboxylic acids is 1. The number of carboxylic acids is 1. The van der Waals surface area contributed by atoms with E-state index in [9.17, 15) is 9.59 Å². The maximum absolute atomic E-state index is 11.8. The lowest BCUT2D eigenvalue weighted by molar-refractivity contribution is -0.153. The predicted octanol–water partition coefficient (Wildman–Crippen LogP) is -0.310. The molecule has 17 heavy (non-hydrogen) atoms. The molecule has 2 fully saturated rings. The lowest BCUT2D eigenvalue weighted by Crippen LogP contribution is -2.41. The van der Waals surface area contributed by atoms with Gasteiger partial charge in [0, 0.05) is 6.42 Å². The van der Waals surface area contributed by atoms with Crippen LogP contribution in [0.3, 0.4) is 0 Å². The van der Waals surface area contributed by atoms with Crippen molar-refractivity contribution in [3.05, 3.63) is 0 Å². The van der Waals surface area contributed by atoms with Gasteiger partial charge in [-0.1, -0.05) is 6.92 Å². The van der Waals surface area contributed by atoms with Crippen LogP contribution in [0.4, 0.5) is 0 Å². The monoisotopic (exact) mass is 242 g/mol. The maximum Gasteiger partial charge on any atom is 0.324 e. The second kappa shape index (κ2) is 5.01. The van der Waals surface area contributed by atoms with E-state index in [2.05, 4.69) is 17.6 Å². The molecule has 3 N–H and O–H groups in total. The summed E-state index contributed by atoms with van der Waals surface area (Å²) in [6.45, 7) is 2.91. The number of ether oxygens (including phenoxy) is 1. The van der Waals surface area contributed by atoms with Crippen LogP contribution in [0.25, 0.3) is 0 Å². The molecule has 96 valence electrons. The first-order valence-corrected chi connectivity index (χ1v) is 5.99. The van der Waals surface area contributed by atoms with Crippen LogP contribution in [0.2, 0.25) is 0 Å². The Bertz CT molecular complexity index is 321. The zero-order chi connectivity index (χ0) is 12.4. The summed E-state index contributed by atoms with van der Waals surface area (Å²) in [7, 11) is 0. The van der Waals surface area contributed by atoms with Crippen LogP contribution in [0.1, 0.15) is 26.2 Å².